The molecule has 0 bridgehead atoms. The Morgan fingerprint density at radius 3 is 2.19 bits per heavy atom. The molecule has 3 saturated carbocycles. The van der Waals surface area contributed by atoms with Gasteiger partial charge in [0.2, 0.25) is 0 Å². The summed E-state index contributed by atoms with van der Waals surface area (Å²) in [4.78, 5) is 48.0. The molecule has 3 fully saturated rings. The Bertz CT molecular complexity index is 761. The zero-order chi connectivity index (χ0) is 23.1. The van der Waals surface area contributed by atoms with Crippen LogP contribution in [0.1, 0.15) is 78.6 Å². The van der Waals surface area contributed by atoms with Crippen LogP contribution in [-0.2, 0) is 19.2 Å². The van der Waals surface area contributed by atoms with E-state index in [4.69, 9.17) is 5.11 Å². The highest BCUT2D eigenvalue weighted by molar-refractivity contribution is 5.87. The maximum absolute atomic E-state index is 13.6. The summed E-state index contributed by atoms with van der Waals surface area (Å²) in [6, 6.07) is 0. The average Bonchev–Trinajstić information content (AvgIpc) is 3.04. The monoisotopic (exact) mass is 436 g/mol. The quantitative estimate of drug-likeness (QED) is 0.522. The molecule has 7 heteroatoms. The van der Waals surface area contributed by atoms with Crippen LogP contribution in [0.3, 0.4) is 0 Å². The van der Waals surface area contributed by atoms with Crippen LogP contribution in [0.15, 0.2) is 0 Å². The smallest absolute Gasteiger partial charge is 0.307 e. The summed E-state index contributed by atoms with van der Waals surface area (Å²) < 4.78 is 0. The van der Waals surface area contributed by atoms with Gasteiger partial charge < -0.3 is 15.3 Å². The standard InChI is InChI=1S/C24H36O7/c1-13(4-9-20(26)27)15-7-8-16-14-5-6-17(22(30)31)23(2,11-10-21(28)29)18(14)12-19(25)24(15,16)3/h13-18H,4-12H2,1-3H3,(H,26,27)(H,28,29)(H,30,31)/t13-,14+,15-,16+,17-,18+,23+,24-/m1/s1. The highest BCUT2D eigenvalue weighted by Gasteiger charge is 2.64. The molecule has 0 saturated heterocycles. The summed E-state index contributed by atoms with van der Waals surface area (Å²) in [6.45, 7) is 6.01. The minimum Gasteiger partial charge on any atom is -0.481 e. The zero-order valence-electron chi connectivity index (χ0n) is 18.8. The van der Waals surface area contributed by atoms with E-state index < -0.39 is 34.7 Å². The molecular weight excluding hydrogens is 400 g/mol. The second-order valence-electron chi connectivity index (χ2n) is 10.7. The molecule has 0 aromatic rings. The van der Waals surface area contributed by atoms with Gasteiger partial charge in [0.15, 0.2) is 0 Å². The van der Waals surface area contributed by atoms with E-state index in [0.717, 1.165) is 19.3 Å². The first-order chi connectivity index (χ1) is 14.4. The first-order valence-electron chi connectivity index (χ1n) is 11.6. The van der Waals surface area contributed by atoms with Crippen molar-refractivity contribution in [1.82, 2.24) is 0 Å². The van der Waals surface area contributed by atoms with Crippen molar-refractivity contribution in [1.29, 1.82) is 0 Å². The third kappa shape index (κ3) is 4.00. The van der Waals surface area contributed by atoms with Gasteiger partial charge >= 0.3 is 17.9 Å². The van der Waals surface area contributed by atoms with Crippen molar-refractivity contribution in [3.8, 4) is 0 Å². The molecule has 7 nitrogen and oxygen atoms in total. The lowest BCUT2D eigenvalue weighted by molar-refractivity contribution is -0.169. The van der Waals surface area contributed by atoms with E-state index in [0.29, 0.717) is 19.3 Å². The Kier molecular flexibility index (Phi) is 6.55. The van der Waals surface area contributed by atoms with Gasteiger partial charge in [-0.05, 0) is 73.5 Å². The SMILES string of the molecule is C[C@H](CCC(=O)O)[C@H]1CC[C@H]2[C@@H]3CC[C@H](C(=O)O)[C@](C)(CCC(=O)O)[C@H]3CC(=O)[C@]12C. The van der Waals surface area contributed by atoms with Crippen molar-refractivity contribution in [3.05, 3.63) is 0 Å². The van der Waals surface area contributed by atoms with Gasteiger partial charge in [-0.1, -0.05) is 20.8 Å². The molecule has 174 valence electrons. The molecule has 0 radical (unpaired) electrons. The Balaban J connectivity index is 1.90. The van der Waals surface area contributed by atoms with Crippen molar-refractivity contribution in [2.24, 2.45) is 46.3 Å². The molecule has 3 aliphatic carbocycles. The second kappa shape index (κ2) is 8.55. The summed E-state index contributed by atoms with van der Waals surface area (Å²) >= 11 is 0. The summed E-state index contributed by atoms with van der Waals surface area (Å²) in [6.07, 6.45) is 4.22. The van der Waals surface area contributed by atoms with Crippen molar-refractivity contribution in [3.63, 3.8) is 0 Å². The number of carboxylic acid groups (broad SMARTS) is 3. The number of hydrogen-bond donors (Lipinski definition) is 3. The van der Waals surface area contributed by atoms with Gasteiger partial charge in [0.05, 0.1) is 5.92 Å². The Labute approximate surface area is 183 Å². The van der Waals surface area contributed by atoms with E-state index in [1.165, 1.54) is 0 Å². The number of aliphatic carboxylic acids is 3. The molecule has 0 aromatic heterocycles. The predicted octanol–water partition coefficient (Wildman–Crippen LogP) is 4.09. The summed E-state index contributed by atoms with van der Waals surface area (Å²) in [7, 11) is 0. The lowest BCUT2D eigenvalue weighted by atomic mass is 9.45. The molecular formula is C24H36O7. The van der Waals surface area contributed by atoms with Crippen LogP contribution < -0.4 is 0 Å². The first-order valence-corrected chi connectivity index (χ1v) is 11.6. The fourth-order valence-electron chi connectivity index (χ4n) is 7.80. The molecule has 3 N–H and O–H groups in total. The third-order valence-corrected chi connectivity index (χ3v) is 9.48. The van der Waals surface area contributed by atoms with Crippen LogP contribution in [0.5, 0.6) is 0 Å². The largest absolute Gasteiger partial charge is 0.481 e. The van der Waals surface area contributed by atoms with Crippen molar-refractivity contribution < 1.29 is 34.5 Å². The van der Waals surface area contributed by atoms with Crippen LogP contribution in [0.2, 0.25) is 0 Å². The van der Waals surface area contributed by atoms with E-state index >= 15 is 0 Å². The molecule has 31 heavy (non-hydrogen) atoms. The maximum atomic E-state index is 13.6. The molecule has 0 spiro atoms. The Morgan fingerprint density at radius 2 is 1.61 bits per heavy atom. The van der Waals surface area contributed by atoms with Crippen molar-refractivity contribution in [2.75, 3.05) is 0 Å². The van der Waals surface area contributed by atoms with E-state index in [1.54, 1.807) is 0 Å². The highest BCUT2D eigenvalue weighted by atomic mass is 16.4. The zero-order valence-corrected chi connectivity index (χ0v) is 18.8. The van der Waals surface area contributed by atoms with E-state index in [9.17, 15) is 29.4 Å². The summed E-state index contributed by atoms with van der Waals surface area (Å²) in [5, 5.41) is 28.2. The normalized spacial score (nSPS) is 40.6. The molecule has 0 aromatic carbocycles. The fraction of sp³-hybridized carbons (Fsp3) is 0.833. The van der Waals surface area contributed by atoms with Crippen LogP contribution in [0, 0.1) is 46.3 Å². The van der Waals surface area contributed by atoms with Crippen LogP contribution in [0.25, 0.3) is 0 Å². The number of carbonyl (C=O) groups excluding carboxylic acids is 1. The first kappa shape index (κ1) is 23.7. The molecule has 0 unspecified atom stereocenters. The van der Waals surface area contributed by atoms with Gasteiger partial charge in [-0.15, -0.1) is 0 Å². The van der Waals surface area contributed by atoms with Gasteiger partial charge in [0.25, 0.3) is 0 Å². The lowest BCUT2D eigenvalue weighted by Crippen LogP contribution is -2.57. The van der Waals surface area contributed by atoms with E-state index in [-0.39, 0.29) is 54.6 Å². The number of Topliss-reactive ketones (excluding diaryl/α,β-unsaturated/α-hetero) is 1. The summed E-state index contributed by atoms with van der Waals surface area (Å²) in [5.74, 6) is -2.56. The number of hydrogen-bond acceptors (Lipinski definition) is 4. The third-order valence-electron chi connectivity index (χ3n) is 9.48. The Morgan fingerprint density at radius 1 is 0.968 bits per heavy atom. The van der Waals surface area contributed by atoms with E-state index in [1.807, 2.05) is 6.92 Å². The van der Waals surface area contributed by atoms with Crippen LogP contribution in [0.4, 0.5) is 0 Å². The van der Waals surface area contributed by atoms with Gasteiger partial charge in [0, 0.05) is 24.7 Å². The lowest BCUT2D eigenvalue weighted by Gasteiger charge is -2.57. The minimum absolute atomic E-state index is 0.0888. The molecule has 0 heterocycles. The second-order valence-corrected chi connectivity index (χ2v) is 10.7. The highest BCUT2D eigenvalue weighted by Crippen LogP contribution is 2.66. The fourth-order valence-corrected chi connectivity index (χ4v) is 7.80. The topological polar surface area (TPSA) is 129 Å². The molecule has 0 aliphatic heterocycles. The number of rotatable bonds is 8. The molecule has 3 rings (SSSR count). The van der Waals surface area contributed by atoms with Crippen molar-refractivity contribution in [2.45, 2.75) is 78.6 Å². The number of ketones is 1. The van der Waals surface area contributed by atoms with Gasteiger partial charge in [0.1, 0.15) is 5.78 Å². The molecule has 0 amide bonds. The van der Waals surface area contributed by atoms with Crippen LogP contribution in [-0.4, -0.2) is 39.0 Å². The maximum Gasteiger partial charge on any atom is 0.307 e. The van der Waals surface area contributed by atoms with Gasteiger partial charge in [-0.25, -0.2) is 0 Å². The van der Waals surface area contributed by atoms with Crippen LogP contribution >= 0.6 is 0 Å². The number of carboxylic acids is 3. The minimum atomic E-state index is -0.937. The average molecular weight is 437 g/mol. The molecule has 8 atom stereocenters. The number of carbonyl (C=O) groups is 4. The predicted molar refractivity (Wildman–Crippen MR) is 112 cm³/mol. The molecule has 3 aliphatic rings. The van der Waals surface area contributed by atoms with Gasteiger partial charge in [-0.3, -0.25) is 19.2 Å². The number of fused-ring (bicyclic) bond motifs is 3. The summed E-state index contributed by atoms with van der Waals surface area (Å²) in [5.41, 5.74) is -1.21. The Hall–Kier alpha value is -1.92. The van der Waals surface area contributed by atoms with Crippen molar-refractivity contribution >= 4 is 23.7 Å². The van der Waals surface area contributed by atoms with Gasteiger partial charge in [-0.2, -0.15) is 0 Å². The van der Waals surface area contributed by atoms with E-state index in [2.05, 4.69) is 13.8 Å².